The molecule has 9 nitrogen and oxygen atoms in total. The number of ether oxygens (including phenoxy) is 1. The van der Waals surface area contributed by atoms with E-state index in [9.17, 15) is 9.59 Å². The van der Waals surface area contributed by atoms with Crippen LogP contribution in [0.15, 0.2) is 47.4 Å². The van der Waals surface area contributed by atoms with E-state index in [0.717, 1.165) is 11.3 Å². The predicted octanol–water partition coefficient (Wildman–Crippen LogP) is 2.02. The highest BCUT2D eigenvalue weighted by molar-refractivity contribution is 5.80. The molecule has 1 unspecified atom stereocenters. The quantitative estimate of drug-likeness (QED) is 0.525. The molecular weight excluding hydrogens is 384 g/mol. The molecule has 1 amide bonds. The Morgan fingerprint density at radius 3 is 2.63 bits per heavy atom. The second-order valence-electron chi connectivity index (χ2n) is 6.95. The Morgan fingerprint density at radius 2 is 1.93 bits per heavy atom. The van der Waals surface area contributed by atoms with Gasteiger partial charge in [-0.15, -0.1) is 10.2 Å². The third-order valence-corrected chi connectivity index (χ3v) is 5.09. The average molecular weight is 406 g/mol. The monoisotopic (exact) mass is 406 g/mol. The number of pyridine rings is 1. The third-order valence-electron chi connectivity index (χ3n) is 5.09. The third kappa shape index (κ3) is 3.38. The molecule has 1 aromatic carbocycles. The summed E-state index contributed by atoms with van der Waals surface area (Å²) in [6, 6.07) is 10.9. The Balaban J connectivity index is 1.66. The summed E-state index contributed by atoms with van der Waals surface area (Å²) in [5.41, 5.74) is 1.81. The molecule has 1 N–H and O–H groups in total. The van der Waals surface area contributed by atoms with Crippen molar-refractivity contribution in [3.05, 3.63) is 64.3 Å². The lowest BCUT2D eigenvalue weighted by molar-refractivity contribution is -0.122. The van der Waals surface area contributed by atoms with Crippen molar-refractivity contribution < 1.29 is 9.53 Å². The van der Waals surface area contributed by atoms with Gasteiger partial charge in [0.15, 0.2) is 5.65 Å². The average Bonchev–Trinajstić information content (AvgIpc) is 3.17. The zero-order valence-corrected chi connectivity index (χ0v) is 17.0. The number of rotatable bonds is 6. The number of carbonyl (C=O) groups excluding carboxylic acids is 1. The lowest BCUT2D eigenvalue weighted by Gasteiger charge is -2.19. The second-order valence-corrected chi connectivity index (χ2v) is 6.95. The van der Waals surface area contributed by atoms with Crippen LogP contribution < -0.4 is 15.6 Å². The molecule has 3 heterocycles. The number of nitrogens with zero attached hydrogens (tertiary/aromatic N) is 5. The molecule has 0 aliphatic carbocycles. The number of benzene rings is 1. The molecule has 0 saturated heterocycles. The fourth-order valence-corrected chi connectivity index (χ4v) is 3.55. The zero-order valence-electron chi connectivity index (χ0n) is 17.0. The summed E-state index contributed by atoms with van der Waals surface area (Å²) >= 11 is 0. The van der Waals surface area contributed by atoms with Crippen LogP contribution in [0.4, 0.5) is 0 Å². The SMILES string of the molecule is CCC(NC(=O)Cn1c(=O)c2nnc(C)n2c2ncccc21)c1ccc(OC)cc1. The van der Waals surface area contributed by atoms with Gasteiger partial charge in [-0.1, -0.05) is 19.1 Å². The van der Waals surface area contributed by atoms with E-state index in [0.29, 0.717) is 23.4 Å². The number of amides is 1. The minimum atomic E-state index is -0.385. The number of aromatic nitrogens is 5. The van der Waals surface area contributed by atoms with Crippen LogP contribution in [0.1, 0.15) is 30.8 Å². The Hall–Kier alpha value is -3.75. The highest BCUT2D eigenvalue weighted by atomic mass is 16.5. The van der Waals surface area contributed by atoms with Crippen LogP contribution >= 0.6 is 0 Å². The number of methoxy groups -OCH3 is 1. The summed E-state index contributed by atoms with van der Waals surface area (Å²) in [6.07, 6.45) is 2.34. The summed E-state index contributed by atoms with van der Waals surface area (Å²) in [7, 11) is 1.61. The van der Waals surface area contributed by atoms with Crippen molar-refractivity contribution in [2.75, 3.05) is 7.11 Å². The molecule has 30 heavy (non-hydrogen) atoms. The van der Waals surface area contributed by atoms with Gasteiger partial charge in [-0.05, 0) is 43.2 Å². The minimum Gasteiger partial charge on any atom is -0.497 e. The molecule has 154 valence electrons. The summed E-state index contributed by atoms with van der Waals surface area (Å²) in [4.78, 5) is 30.2. The van der Waals surface area contributed by atoms with Crippen molar-refractivity contribution in [2.45, 2.75) is 32.9 Å². The highest BCUT2D eigenvalue weighted by Gasteiger charge is 2.19. The maximum absolute atomic E-state index is 13.0. The van der Waals surface area contributed by atoms with Crippen LogP contribution in [0.3, 0.4) is 0 Å². The molecule has 3 aromatic heterocycles. The molecule has 9 heteroatoms. The van der Waals surface area contributed by atoms with Crippen molar-refractivity contribution in [1.82, 2.24) is 29.5 Å². The standard InChI is InChI=1S/C21H22N6O3/c1-4-16(14-7-9-15(30-3)10-8-14)23-18(28)12-26-17-6-5-11-22-19(17)27-13(2)24-25-20(27)21(26)29/h5-11,16H,4,12H2,1-3H3,(H,23,28). The largest absolute Gasteiger partial charge is 0.497 e. The zero-order chi connectivity index (χ0) is 21.3. The van der Waals surface area contributed by atoms with Gasteiger partial charge >= 0.3 is 0 Å². The fraction of sp³-hybridized carbons (Fsp3) is 0.286. The van der Waals surface area contributed by atoms with Crippen LogP contribution in [0, 0.1) is 6.92 Å². The van der Waals surface area contributed by atoms with Crippen LogP contribution in [0.25, 0.3) is 16.8 Å². The summed E-state index contributed by atoms with van der Waals surface area (Å²) in [5, 5.41) is 11.0. The fourth-order valence-electron chi connectivity index (χ4n) is 3.55. The Kier molecular flexibility index (Phi) is 5.18. The van der Waals surface area contributed by atoms with E-state index in [-0.39, 0.29) is 29.7 Å². The molecule has 0 aliphatic heterocycles. The Bertz CT molecular complexity index is 1280. The number of carbonyl (C=O) groups is 1. The summed E-state index contributed by atoms with van der Waals surface area (Å²) in [6.45, 7) is 3.60. The Labute approximate surface area is 172 Å². The Morgan fingerprint density at radius 1 is 1.17 bits per heavy atom. The van der Waals surface area contributed by atoms with E-state index in [2.05, 4.69) is 20.5 Å². The van der Waals surface area contributed by atoms with Crippen LogP contribution in [0.5, 0.6) is 5.75 Å². The number of nitrogens with one attached hydrogen (secondary N) is 1. The van der Waals surface area contributed by atoms with Crippen molar-refractivity contribution in [2.24, 2.45) is 0 Å². The van der Waals surface area contributed by atoms with Gasteiger partial charge in [0.05, 0.1) is 18.7 Å². The molecule has 0 radical (unpaired) electrons. The number of hydrogen-bond donors (Lipinski definition) is 1. The first-order valence-corrected chi connectivity index (χ1v) is 9.66. The number of fused-ring (bicyclic) bond motifs is 3. The van der Waals surface area contributed by atoms with E-state index in [1.54, 1.807) is 36.8 Å². The first-order chi connectivity index (χ1) is 14.5. The molecule has 1 atom stereocenters. The van der Waals surface area contributed by atoms with Gasteiger partial charge in [0.25, 0.3) is 5.56 Å². The normalized spacial score (nSPS) is 12.2. The molecule has 0 aliphatic rings. The lowest BCUT2D eigenvalue weighted by Crippen LogP contribution is -2.35. The topological polar surface area (TPSA) is 103 Å². The minimum absolute atomic E-state index is 0.143. The number of aryl methyl sites for hydroxylation is 1. The van der Waals surface area contributed by atoms with Crippen molar-refractivity contribution in [3.8, 4) is 5.75 Å². The highest BCUT2D eigenvalue weighted by Crippen LogP contribution is 2.20. The van der Waals surface area contributed by atoms with Crippen LogP contribution in [-0.4, -0.2) is 37.2 Å². The van der Waals surface area contributed by atoms with Gasteiger partial charge in [0.2, 0.25) is 11.6 Å². The summed E-state index contributed by atoms with van der Waals surface area (Å²) in [5.74, 6) is 1.04. The van der Waals surface area contributed by atoms with Gasteiger partial charge in [-0.3, -0.25) is 18.6 Å². The molecule has 0 saturated carbocycles. The van der Waals surface area contributed by atoms with Crippen molar-refractivity contribution in [1.29, 1.82) is 0 Å². The van der Waals surface area contributed by atoms with Gasteiger partial charge in [-0.2, -0.15) is 0 Å². The molecule has 0 bridgehead atoms. The van der Waals surface area contributed by atoms with Crippen molar-refractivity contribution >= 4 is 22.7 Å². The van der Waals surface area contributed by atoms with Crippen LogP contribution in [0.2, 0.25) is 0 Å². The van der Waals surface area contributed by atoms with E-state index in [1.165, 1.54) is 4.57 Å². The molecule has 0 fully saturated rings. The molecular formula is C21H22N6O3. The lowest BCUT2D eigenvalue weighted by atomic mass is 10.0. The van der Waals surface area contributed by atoms with Crippen molar-refractivity contribution in [3.63, 3.8) is 0 Å². The van der Waals surface area contributed by atoms with E-state index >= 15 is 0 Å². The second kappa shape index (κ2) is 7.94. The number of hydrogen-bond acceptors (Lipinski definition) is 6. The van der Waals surface area contributed by atoms with Gasteiger partial charge < -0.3 is 10.1 Å². The first-order valence-electron chi connectivity index (χ1n) is 9.66. The smallest absolute Gasteiger partial charge is 0.297 e. The van der Waals surface area contributed by atoms with Gasteiger partial charge in [0.1, 0.15) is 18.1 Å². The predicted molar refractivity (Wildman–Crippen MR) is 111 cm³/mol. The molecule has 4 rings (SSSR count). The van der Waals surface area contributed by atoms with E-state index in [1.807, 2.05) is 31.2 Å². The maximum atomic E-state index is 13.0. The van der Waals surface area contributed by atoms with Gasteiger partial charge in [-0.25, -0.2) is 4.98 Å². The first kappa shape index (κ1) is 19.6. The van der Waals surface area contributed by atoms with E-state index in [4.69, 9.17) is 4.74 Å². The summed E-state index contributed by atoms with van der Waals surface area (Å²) < 4.78 is 8.19. The molecule has 4 aromatic rings. The van der Waals surface area contributed by atoms with E-state index < -0.39 is 0 Å². The van der Waals surface area contributed by atoms with Crippen LogP contribution in [-0.2, 0) is 11.3 Å². The molecule has 0 spiro atoms. The van der Waals surface area contributed by atoms with Gasteiger partial charge in [0, 0.05) is 6.20 Å². The maximum Gasteiger partial charge on any atom is 0.297 e.